The zero-order valence-electron chi connectivity index (χ0n) is 31.0. The molecule has 0 aliphatic heterocycles. The van der Waals surface area contributed by atoms with Crippen molar-refractivity contribution in [2.45, 2.75) is 142 Å². The monoisotopic (exact) mass is 711 g/mol. The molecule has 0 spiro atoms. The van der Waals surface area contributed by atoms with E-state index in [0.29, 0.717) is 18.8 Å². The van der Waals surface area contributed by atoms with Crippen molar-refractivity contribution in [3.63, 3.8) is 0 Å². The number of rotatable bonds is 28. The summed E-state index contributed by atoms with van der Waals surface area (Å²) in [4.78, 5) is 22.7. The van der Waals surface area contributed by atoms with E-state index >= 15 is 0 Å². The topological polar surface area (TPSA) is 90.1 Å². The van der Waals surface area contributed by atoms with Crippen molar-refractivity contribution in [3.8, 4) is 5.75 Å². The summed E-state index contributed by atoms with van der Waals surface area (Å²) in [7, 11) is -2.19. The maximum Gasteiger partial charge on any atom is 0.407 e. The predicted octanol–water partition coefficient (Wildman–Crippen LogP) is 10.6. The van der Waals surface area contributed by atoms with E-state index in [1.807, 2.05) is 56.3 Å². The maximum atomic E-state index is 12.3. The number of benzene rings is 2. The average molecular weight is 712 g/mol. The maximum absolute atomic E-state index is 12.3. The molecular weight excluding hydrogens is 647 g/mol. The molecule has 0 fully saturated rings. The molecule has 1 heterocycles. The van der Waals surface area contributed by atoms with E-state index in [0.717, 1.165) is 23.9 Å². The van der Waals surface area contributed by atoms with Gasteiger partial charge in [0.15, 0.2) is 12.7 Å². The van der Waals surface area contributed by atoms with Gasteiger partial charge in [0.25, 0.3) is 0 Å². The third kappa shape index (κ3) is 18.5. The molecule has 0 saturated carbocycles. The molecule has 3 rings (SSSR count). The largest absolute Gasteiger partial charge is 0.447 e. The highest BCUT2D eigenvalue weighted by Gasteiger charge is 2.19. The van der Waals surface area contributed by atoms with E-state index < -0.39 is 20.8 Å². The van der Waals surface area contributed by atoms with Crippen molar-refractivity contribution >= 4 is 25.6 Å². The summed E-state index contributed by atoms with van der Waals surface area (Å²) < 4.78 is 24.7. The Labute approximate surface area is 303 Å². The number of para-hydroxylation sites is 1. The van der Waals surface area contributed by atoms with Crippen LogP contribution >= 0.6 is 8.60 Å². The molecule has 9 heteroatoms. The molecule has 0 saturated heterocycles. The number of carbonyl (C=O) groups excluding carboxylic acids is 1. The van der Waals surface area contributed by atoms with Gasteiger partial charge in [0.1, 0.15) is 18.5 Å². The van der Waals surface area contributed by atoms with E-state index in [9.17, 15) is 9.69 Å². The van der Waals surface area contributed by atoms with Crippen LogP contribution in [0, 0.1) is 0 Å². The Morgan fingerprint density at radius 1 is 0.760 bits per heavy atom. The minimum atomic E-state index is -2.19. The minimum Gasteiger partial charge on any atom is -0.447 e. The lowest BCUT2D eigenvalue weighted by Crippen LogP contribution is -2.34. The number of unbranched alkanes of at least 4 members (excludes halogenated alkanes) is 15. The van der Waals surface area contributed by atoms with Crippen LogP contribution in [-0.2, 0) is 20.5 Å². The van der Waals surface area contributed by atoms with Crippen LogP contribution in [0.5, 0.6) is 5.75 Å². The van der Waals surface area contributed by atoms with Crippen molar-refractivity contribution in [1.29, 1.82) is 0 Å². The highest BCUT2D eigenvalue weighted by atomic mass is 31.2. The minimum absolute atomic E-state index is 0.0205. The molecule has 50 heavy (non-hydrogen) atoms. The van der Waals surface area contributed by atoms with Gasteiger partial charge >= 0.3 is 14.7 Å². The molecule has 0 aliphatic carbocycles. The van der Waals surface area contributed by atoms with Crippen LogP contribution in [-0.4, -0.2) is 43.0 Å². The lowest BCUT2D eigenvalue weighted by atomic mass is 10.0. The van der Waals surface area contributed by atoms with E-state index in [1.165, 1.54) is 95.3 Å². The molecule has 8 nitrogen and oxygen atoms in total. The smallest absolute Gasteiger partial charge is 0.407 e. The predicted molar refractivity (Wildman–Crippen MR) is 204 cm³/mol. The van der Waals surface area contributed by atoms with Crippen LogP contribution in [0.1, 0.15) is 129 Å². The second-order valence-corrected chi connectivity index (χ2v) is 14.5. The Morgan fingerprint density at radius 2 is 1.34 bits per heavy atom. The Morgan fingerprint density at radius 3 is 1.96 bits per heavy atom. The summed E-state index contributed by atoms with van der Waals surface area (Å²) in [6.45, 7) is 7.44. The molecule has 1 amide bonds. The number of fused-ring (bicyclic) bond motifs is 1. The quantitative estimate of drug-likeness (QED) is 0.0443. The van der Waals surface area contributed by atoms with Gasteiger partial charge in [0.2, 0.25) is 5.52 Å². The first-order valence-corrected chi connectivity index (χ1v) is 20.4. The fourth-order valence-corrected chi connectivity index (χ4v) is 6.72. The average Bonchev–Trinajstić information content (AvgIpc) is 3.11. The van der Waals surface area contributed by atoms with Gasteiger partial charge in [-0.15, -0.1) is 0 Å². The number of pyridine rings is 1. The van der Waals surface area contributed by atoms with Crippen LogP contribution in [0.15, 0.2) is 66.9 Å². The van der Waals surface area contributed by atoms with Gasteiger partial charge in [-0.25, -0.2) is 4.79 Å². The lowest BCUT2D eigenvalue weighted by Gasteiger charge is -2.21. The summed E-state index contributed by atoms with van der Waals surface area (Å²) >= 11 is 0. The third-order valence-corrected chi connectivity index (χ3v) is 9.52. The van der Waals surface area contributed by atoms with E-state index in [1.54, 1.807) is 0 Å². The number of ether oxygens (including phenoxy) is 2. The molecule has 2 unspecified atom stereocenters. The van der Waals surface area contributed by atoms with E-state index in [2.05, 4.69) is 41.2 Å². The molecule has 0 bridgehead atoms. The van der Waals surface area contributed by atoms with Crippen LogP contribution in [0.4, 0.5) is 4.79 Å². The standard InChI is InChI=1S/C41H63N2O6P/c1-4-5-6-7-8-9-10-11-12-13-14-15-16-17-18-21-30-42-41(44)46-33-39(48-35(2)3)34-47-50(45)49-38-28-26-36(27-29-38)32-43-31-22-24-37-23-19-20-25-40(37)43/h19-20,22-29,31,35,39,45H,4-18,21,30,32-34H2,1-3H3/p+1. The van der Waals surface area contributed by atoms with E-state index in [-0.39, 0.29) is 19.3 Å². The number of nitrogens with one attached hydrogen (secondary N) is 1. The Hall–Kier alpha value is -2.77. The summed E-state index contributed by atoms with van der Waals surface area (Å²) in [5.41, 5.74) is 2.27. The molecular formula is C41H64N2O6P+. The van der Waals surface area contributed by atoms with Gasteiger partial charge < -0.3 is 24.2 Å². The molecule has 2 N–H and O–H groups in total. The summed E-state index contributed by atoms with van der Waals surface area (Å²) in [5, 5.41) is 4.03. The molecule has 3 aromatic rings. The van der Waals surface area contributed by atoms with Crippen LogP contribution in [0.3, 0.4) is 0 Å². The second-order valence-electron chi connectivity index (χ2n) is 13.6. The number of nitrogens with zero attached hydrogens (tertiary/aromatic N) is 1. The Balaban J connectivity index is 1.21. The van der Waals surface area contributed by atoms with Gasteiger partial charge in [-0.05, 0) is 56.7 Å². The Bertz CT molecular complexity index is 1300. The first-order chi connectivity index (χ1) is 24.4. The number of amides is 1. The van der Waals surface area contributed by atoms with Gasteiger partial charge in [-0.2, -0.15) is 4.57 Å². The fraction of sp³-hybridized carbons (Fsp3) is 0.610. The fourth-order valence-electron chi connectivity index (χ4n) is 6.07. The van der Waals surface area contributed by atoms with E-state index in [4.69, 9.17) is 18.5 Å². The second kappa shape index (κ2) is 26.1. The highest BCUT2D eigenvalue weighted by molar-refractivity contribution is 7.41. The molecule has 2 atom stereocenters. The first-order valence-electron chi connectivity index (χ1n) is 19.3. The normalized spacial score (nSPS) is 12.7. The lowest BCUT2D eigenvalue weighted by molar-refractivity contribution is -0.662. The van der Waals surface area contributed by atoms with Crippen molar-refractivity contribution in [2.24, 2.45) is 0 Å². The van der Waals surface area contributed by atoms with Gasteiger partial charge in [-0.1, -0.05) is 115 Å². The van der Waals surface area contributed by atoms with Gasteiger partial charge in [-0.3, -0.25) is 4.52 Å². The molecule has 1 aromatic heterocycles. The van der Waals surface area contributed by atoms with Crippen LogP contribution < -0.4 is 14.4 Å². The zero-order chi connectivity index (χ0) is 35.7. The van der Waals surface area contributed by atoms with Crippen molar-refractivity contribution < 1.29 is 32.8 Å². The summed E-state index contributed by atoms with van der Waals surface area (Å²) in [6, 6.07) is 20.0. The first kappa shape index (κ1) is 41.6. The van der Waals surface area contributed by atoms with Gasteiger partial charge in [0, 0.05) is 29.6 Å². The highest BCUT2D eigenvalue weighted by Crippen LogP contribution is 2.35. The number of aromatic nitrogens is 1. The number of carbonyl (C=O) groups is 1. The molecule has 278 valence electrons. The zero-order valence-corrected chi connectivity index (χ0v) is 31.9. The SMILES string of the molecule is CCCCCCCCCCCCCCCCCCNC(=O)OCC(COP(O)Oc1ccc(C[n+]2cccc3ccccc32)cc1)OC(C)C. The molecule has 0 radical (unpaired) electrons. The number of hydrogen-bond acceptors (Lipinski definition) is 6. The van der Waals surface area contributed by atoms with Gasteiger partial charge in [0.05, 0.1) is 12.7 Å². The van der Waals surface area contributed by atoms with Crippen molar-refractivity contribution in [1.82, 2.24) is 5.32 Å². The van der Waals surface area contributed by atoms with Crippen LogP contribution in [0.2, 0.25) is 0 Å². The number of hydrogen-bond donors (Lipinski definition) is 2. The summed E-state index contributed by atoms with van der Waals surface area (Å²) in [6.07, 6.45) is 22.1. The molecule has 2 aromatic carbocycles. The third-order valence-electron chi connectivity index (χ3n) is 8.78. The van der Waals surface area contributed by atoms with Crippen LogP contribution in [0.25, 0.3) is 10.9 Å². The summed E-state index contributed by atoms with van der Waals surface area (Å²) in [5.74, 6) is 0.510. The van der Waals surface area contributed by atoms with Crippen molar-refractivity contribution in [3.05, 3.63) is 72.4 Å². The molecule has 0 aliphatic rings. The number of alkyl carbamates (subject to hydrolysis) is 1. The van der Waals surface area contributed by atoms with Crippen molar-refractivity contribution in [2.75, 3.05) is 19.8 Å². The Kier molecular flexibility index (Phi) is 21.7.